The Balaban J connectivity index is 2.21. The fourth-order valence-electron chi connectivity index (χ4n) is 1.20. The lowest BCUT2D eigenvalue weighted by Crippen LogP contribution is -2.15. The molecular formula is C10H15NO3S2. The van der Waals surface area contributed by atoms with E-state index in [1.54, 1.807) is 12.3 Å². The smallest absolute Gasteiger partial charge is 0.345 e. The van der Waals surface area contributed by atoms with E-state index < -0.39 is 16.8 Å². The number of carboxylic acid groups (broad SMARTS) is 1. The first kappa shape index (κ1) is 13.3. The summed E-state index contributed by atoms with van der Waals surface area (Å²) in [4.78, 5) is 12.0. The minimum atomic E-state index is -0.877. The van der Waals surface area contributed by atoms with E-state index in [1.165, 1.54) is 11.3 Å². The molecule has 0 aliphatic carbocycles. The first-order chi connectivity index (χ1) is 7.59. The fraction of sp³-hybridized carbons (Fsp3) is 0.500. The largest absolute Gasteiger partial charge is 0.477 e. The molecule has 90 valence electrons. The van der Waals surface area contributed by atoms with Gasteiger partial charge < -0.3 is 10.4 Å². The van der Waals surface area contributed by atoms with Crippen molar-refractivity contribution in [2.24, 2.45) is 0 Å². The molecule has 0 saturated heterocycles. The molecule has 0 bridgehead atoms. The molecule has 0 fully saturated rings. The number of carboxylic acids is 1. The van der Waals surface area contributed by atoms with Gasteiger partial charge in [-0.15, -0.1) is 11.3 Å². The van der Waals surface area contributed by atoms with Gasteiger partial charge in [-0.2, -0.15) is 0 Å². The lowest BCUT2D eigenvalue weighted by molar-refractivity contribution is 0.0702. The molecular weight excluding hydrogens is 246 g/mol. The van der Waals surface area contributed by atoms with Crippen molar-refractivity contribution < 1.29 is 14.1 Å². The van der Waals surface area contributed by atoms with Crippen molar-refractivity contribution in [1.29, 1.82) is 0 Å². The van der Waals surface area contributed by atoms with E-state index in [9.17, 15) is 9.00 Å². The summed E-state index contributed by atoms with van der Waals surface area (Å²) in [5, 5.41) is 11.9. The third-order valence-electron chi connectivity index (χ3n) is 1.96. The standard InChI is InChI=1S/C10H15NO3S2/c1-16(14)6-2-5-11-7-8-3-4-9(15-8)10(12)13/h3-4,11H,2,5-7H2,1H3,(H,12,13). The van der Waals surface area contributed by atoms with Crippen LogP contribution in [0.25, 0.3) is 0 Å². The summed E-state index contributed by atoms with van der Waals surface area (Å²) in [6, 6.07) is 3.43. The maximum absolute atomic E-state index is 10.8. The number of aromatic carboxylic acids is 1. The summed E-state index contributed by atoms with van der Waals surface area (Å²) in [7, 11) is -0.731. The number of carbonyl (C=O) groups is 1. The second-order valence-electron chi connectivity index (χ2n) is 3.38. The molecule has 1 rings (SSSR count). The molecule has 0 aliphatic heterocycles. The van der Waals surface area contributed by atoms with Crippen LogP contribution in [0.1, 0.15) is 21.0 Å². The highest BCUT2D eigenvalue weighted by molar-refractivity contribution is 7.84. The summed E-state index contributed by atoms with van der Waals surface area (Å²) in [6.45, 7) is 1.48. The molecule has 2 N–H and O–H groups in total. The van der Waals surface area contributed by atoms with Crippen LogP contribution in [0, 0.1) is 0 Å². The third-order valence-corrected chi connectivity index (χ3v) is 3.89. The summed E-state index contributed by atoms with van der Waals surface area (Å²) in [5.74, 6) is -0.171. The zero-order valence-corrected chi connectivity index (χ0v) is 10.7. The highest BCUT2D eigenvalue weighted by atomic mass is 32.2. The van der Waals surface area contributed by atoms with E-state index in [4.69, 9.17) is 5.11 Å². The third kappa shape index (κ3) is 4.87. The Morgan fingerprint density at radius 2 is 2.31 bits per heavy atom. The monoisotopic (exact) mass is 261 g/mol. The van der Waals surface area contributed by atoms with Gasteiger partial charge in [0.15, 0.2) is 0 Å². The Hall–Kier alpha value is -0.720. The Kier molecular flexibility index (Phi) is 5.65. The second kappa shape index (κ2) is 6.78. The van der Waals surface area contributed by atoms with E-state index in [0.29, 0.717) is 17.2 Å². The molecule has 0 saturated carbocycles. The molecule has 0 amide bonds. The van der Waals surface area contributed by atoms with E-state index in [2.05, 4.69) is 5.32 Å². The van der Waals surface area contributed by atoms with Crippen LogP contribution in [0.15, 0.2) is 12.1 Å². The van der Waals surface area contributed by atoms with Gasteiger partial charge >= 0.3 is 5.97 Å². The molecule has 6 heteroatoms. The van der Waals surface area contributed by atoms with E-state index in [-0.39, 0.29) is 0 Å². The fourth-order valence-corrected chi connectivity index (χ4v) is 2.57. The van der Waals surface area contributed by atoms with Crippen molar-refractivity contribution in [2.75, 3.05) is 18.6 Å². The van der Waals surface area contributed by atoms with Crippen LogP contribution in [0.4, 0.5) is 0 Å². The average molecular weight is 261 g/mol. The second-order valence-corrected chi connectivity index (χ2v) is 6.10. The minimum Gasteiger partial charge on any atom is -0.477 e. The summed E-state index contributed by atoms with van der Waals surface area (Å²) < 4.78 is 10.8. The zero-order valence-electron chi connectivity index (χ0n) is 9.06. The van der Waals surface area contributed by atoms with Crippen LogP contribution in [0.3, 0.4) is 0 Å². The molecule has 0 aliphatic rings. The van der Waals surface area contributed by atoms with Crippen molar-refractivity contribution in [1.82, 2.24) is 5.32 Å². The molecule has 0 radical (unpaired) electrons. The molecule has 16 heavy (non-hydrogen) atoms. The lowest BCUT2D eigenvalue weighted by atomic mass is 10.4. The van der Waals surface area contributed by atoms with Gasteiger partial charge in [0.2, 0.25) is 0 Å². The van der Waals surface area contributed by atoms with Crippen molar-refractivity contribution in [3.8, 4) is 0 Å². The molecule has 1 aromatic rings. The van der Waals surface area contributed by atoms with Crippen molar-refractivity contribution in [2.45, 2.75) is 13.0 Å². The summed E-state index contributed by atoms with van der Waals surface area (Å²) in [6.07, 6.45) is 2.57. The molecule has 0 aromatic carbocycles. The average Bonchev–Trinajstić information content (AvgIpc) is 2.65. The number of rotatable bonds is 7. The van der Waals surface area contributed by atoms with Crippen molar-refractivity contribution in [3.05, 3.63) is 21.9 Å². The Morgan fingerprint density at radius 1 is 1.56 bits per heavy atom. The highest BCUT2D eigenvalue weighted by Crippen LogP contribution is 2.15. The SMILES string of the molecule is CS(=O)CCCNCc1ccc(C(=O)O)s1. The van der Waals surface area contributed by atoms with Gasteiger partial charge in [0.05, 0.1) is 0 Å². The molecule has 0 spiro atoms. The van der Waals surface area contributed by atoms with Gasteiger partial charge in [-0.1, -0.05) is 0 Å². The molecule has 1 atom stereocenters. The molecule has 1 heterocycles. The Morgan fingerprint density at radius 3 is 2.88 bits per heavy atom. The van der Waals surface area contributed by atoms with Crippen LogP contribution in [0.5, 0.6) is 0 Å². The zero-order chi connectivity index (χ0) is 12.0. The van der Waals surface area contributed by atoms with Gasteiger partial charge in [0.1, 0.15) is 4.88 Å². The van der Waals surface area contributed by atoms with Gasteiger partial charge in [0, 0.05) is 34.2 Å². The lowest BCUT2D eigenvalue weighted by Gasteiger charge is -2.01. The van der Waals surface area contributed by atoms with Crippen LogP contribution < -0.4 is 5.32 Å². The summed E-state index contributed by atoms with van der Waals surface area (Å²) in [5.41, 5.74) is 0. The van der Waals surface area contributed by atoms with Crippen LogP contribution in [-0.2, 0) is 17.3 Å². The van der Waals surface area contributed by atoms with Gasteiger partial charge in [0.25, 0.3) is 0 Å². The number of hydrogen-bond donors (Lipinski definition) is 2. The van der Waals surface area contributed by atoms with E-state index in [0.717, 1.165) is 17.8 Å². The molecule has 1 aromatic heterocycles. The number of nitrogens with one attached hydrogen (secondary N) is 1. The van der Waals surface area contributed by atoms with Gasteiger partial charge in [-0.05, 0) is 25.1 Å². The maximum Gasteiger partial charge on any atom is 0.345 e. The molecule has 4 nitrogen and oxygen atoms in total. The van der Waals surface area contributed by atoms with Crippen LogP contribution in [0.2, 0.25) is 0 Å². The van der Waals surface area contributed by atoms with Crippen molar-refractivity contribution >= 4 is 28.1 Å². The highest BCUT2D eigenvalue weighted by Gasteiger charge is 2.05. The number of hydrogen-bond acceptors (Lipinski definition) is 4. The topological polar surface area (TPSA) is 66.4 Å². The first-order valence-corrected chi connectivity index (χ1v) is 7.46. The van der Waals surface area contributed by atoms with Crippen LogP contribution >= 0.6 is 11.3 Å². The quantitative estimate of drug-likeness (QED) is 0.726. The maximum atomic E-state index is 10.8. The predicted octanol–water partition coefficient (Wildman–Crippen LogP) is 1.30. The van der Waals surface area contributed by atoms with E-state index in [1.807, 2.05) is 6.07 Å². The molecule has 1 unspecified atom stereocenters. The first-order valence-electron chi connectivity index (χ1n) is 4.92. The number of thiophene rings is 1. The van der Waals surface area contributed by atoms with Crippen molar-refractivity contribution in [3.63, 3.8) is 0 Å². The van der Waals surface area contributed by atoms with Crippen LogP contribution in [-0.4, -0.2) is 33.8 Å². The Labute approximate surface area is 101 Å². The summed E-state index contributed by atoms with van der Waals surface area (Å²) >= 11 is 1.28. The minimum absolute atomic E-state index is 0.367. The van der Waals surface area contributed by atoms with E-state index >= 15 is 0 Å². The van der Waals surface area contributed by atoms with Gasteiger partial charge in [-0.25, -0.2) is 4.79 Å². The predicted molar refractivity (Wildman–Crippen MR) is 66.5 cm³/mol. The Bertz CT molecular complexity index is 376. The van der Waals surface area contributed by atoms with Gasteiger partial charge in [-0.3, -0.25) is 4.21 Å². The normalized spacial score (nSPS) is 12.6.